The summed E-state index contributed by atoms with van der Waals surface area (Å²) in [5.41, 5.74) is 13.5. The highest BCUT2D eigenvalue weighted by molar-refractivity contribution is 6.00. The number of halogens is 2. The maximum Gasteiger partial charge on any atom is 0.187 e. The van der Waals surface area contributed by atoms with Gasteiger partial charge < -0.3 is 16.6 Å². The third kappa shape index (κ3) is 4.37. The first-order valence-electron chi connectivity index (χ1n) is 10.5. The van der Waals surface area contributed by atoms with Gasteiger partial charge in [-0.25, -0.2) is 13.8 Å². The zero-order valence-corrected chi connectivity index (χ0v) is 17.3. The van der Waals surface area contributed by atoms with Crippen molar-refractivity contribution in [1.82, 2.24) is 9.97 Å². The molecule has 3 aromatic rings. The van der Waals surface area contributed by atoms with Crippen LogP contribution in [0.25, 0.3) is 11.3 Å². The smallest absolute Gasteiger partial charge is 0.187 e. The van der Waals surface area contributed by atoms with Gasteiger partial charge in [-0.05, 0) is 66.6 Å². The van der Waals surface area contributed by atoms with Gasteiger partial charge in [-0.1, -0.05) is 6.07 Å². The number of nitrogen functional groups attached to an aromatic ring is 1. The first kappa shape index (κ1) is 22.0. The Morgan fingerprint density at radius 1 is 1.12 bits per heavy atom. The molecule has 166 valence electrons. The fourth-order valence-corrected chi connectivity index (χ4v) is 4.29. The van der Waals surface area contributed by atoms with E-state index in [9.17, 15) is 18.7 Å². The van der Waals surface area contributed by atoms with Gasteiger partial charge in [-0.2, -0.15) is 0 Å². The van der Waals surface area contributed by atoms with Gasteiger partial charge in [-0.3, -0.25) is 9.78 Å². The number of hydrogen-bond acceptors (Lipinski definition) is 6. The SMILES string of the molecule is Nc1ccc(-c2c(F)cccc2F)nc1C(=O)Cc1cnccc1[C@@H]1CC[C@H](O)[C@H](N)C1. The van der Waals surface area contributed by atoms with E-state index < -0.39 is 17.7 Å². The Hall–Kier alpha value is -3.23. The molecule has 2 aromatic heterocycles. The summed E-state index contributed by atoms with van der Waals surface area (Å²) in [6.45, 7) is 0. The summed E-state index contributed by atoms with van der Waals surface area (Å²) in [7, 11) is 0. The number of hydrogen-bond donors (Lipinski definition) is 3. The molecule has 1 aromatic carbocycles. The van der Waals surface area contributed by atoms with Crippen molar-refractivity contribution < 1.29 is 18.7 Å². The van der Waals surface area contributed by atoms with Crippen molar-refractivity contribution in [2.24, 2.45) is 5.73 Å². The van der Waals surface area contributed by atoms with Gasteiger partial charge in [0.05, 0.1) is 23.0 Å². The van der Waals surface area contributed by atoms with Crippen LogP contribution in [0.5, 0.6) is 0 Å². The van der Waals surface area contributed by atoms with Crippen LogP contribution < -0.4 is 11.5 Å². The molecule has 0 aliphatic heterocycles. The second-order valence-electron chi connectivity index (χ2n) is 8.15. The Kier molecular flexibility index (Phi) is 6.25. The standard InChI is InChI=1S/C24H24F2N4O2/c25-16-2-1-3-17(26)23(16)20-6-5-18(27)24(30-20)22(32)11-14-12-29-9-8-15(14)13-4-7-21(31)19(28)10-13/h1-3,5-6,8-9,12-13,19,21,31H,4,7,10-11,27-28H2/t13-,19-,21+/m1/s1. The fourth-order valence-electron chi connectivity index (χ4n) is 4.29. The zero-order chi connectivity index (χ0) is 22.8. The Bertz CT molecular complexity index is 1130. The van der Waals surface area contributed by atoms with Gasteiger partial charge in [0.1, 0.15) is 17.3 Å². The molecule has 6 nitrogen and oxygen atoms in total. The highest BCUT2D eigenvalue weighted by Gasteiger charge is 2.29. The van der Waals surface area contributed by atoms with Crippen LogP contribution in [0.1, 0.15) is 46.8 Å². The predicted molar refractivity (Wildman–Crippen MR) is 117 cm³/mol. The summed E-state index contributed by atoms with van der Waals surface area (Å²) in [5, 5.41) is 9.93. The predicted octanol–water partition coefficient (Wildman–Crippen LogP) is 3.39. The molecule has 0 amide bonds. The molecule has 1 aliphatic rings. The van der Waals surface area contributed by atoms with Crippen LogP contribution in [0.4, 0.5) is 14.5 Å². The highest BCUT2D eigenvalue weighted by atomic mass is 19.1. The number of anilines is 1. The third-order valence-corrected chi connectivity index (χ3v) is 6.00. The quantitative estimate of drug-likeness (QED) is 0.526. The van der Waals surface area contributed by atoms with Gasteiger partial charge in [0, 0.05) is 24.9 Å². The minimum Gasteiger partial charge on any atom is -0.397 e. The van der Waals surface area contributed by atoms with Crippen molar-refractivity contribution in [1.29, 1.82) is 0 Å². The Morgan fingerprint density at radius 2 is 1.88 bits per heavy atom. The Morgan fingerprint density at radius 3 is 2.59 bits per heavy atom. The van der Waals surface area contributed by atoms with E-state index in [4.69, 9.17) is 11.5 Å². The minimum absolute atomic E-state index is 0.00296. The van der Waals surface area contributed by atoms with E-state index in [0.29, 0.717) is 12.8 Å². The molecule has 1 fully saturated rings. The van der Waals surface area contributed by atoms with Crippen molar-refractivity contribution in [2.75, 3.05) is 5.73 Å². The van der Waals surface area contributed by atoms with Crippen molar-refractivity contribution >= 4 is 11.5 Å². The number of rotatable bonds is 5. The molecule has 2 heterocycles. The maximum absolute atomic E-state index is 14.2. The van der Waals surface area contributed by atoms with E-state index in [1.807, 2.05) is 6.07 Å². The number of aromatic nitrogens is 2. The van der Waals surface area contributed by atoms with Gasteiger partial charge in [-0.15, -0.1) is 0 Å². The van der Waals surface area contributed by atoms with E-state index in [0.717, 1.165) is 29.7 Å². The molecule has 8 heteroatoms. The van der Waals surface area contributed by atoms with Crippen LogP contribution >= 0.6 is 0 Å². The number of carbonyl (C=O) groups excluding carboxylic acids is 1. The van der Waals surface area contributed by atoms with E-state index >= 15 is 0 Å². The molecule has 0 unspecified atom stereocenters. The average Bonchev–Trinajstić information content (AvgIpc) is 2.77. The number of benzene rings is 1. The molecule has 32 heavy (non-hydrogen) atoms. The Balaban J connectivity index is 1.63. The number of carbonyl (C=O) groups is 1. The number of nitrogens with two attached hydrogens (primary N) is 2. The number of aliphatic hydroxyl groups is 1. The zero-order valence-electron chi connectivity index (χ0n) is 17.3. The summed E-state index contributed by atoms with van der Waals surface area (Å²) < 4.78 is 28.4. The van der Waals surface area contributed by atoms with E-state index in [-0.39, 0.29) is 46.8 Å². The second kappa shape index (κ2) is 9.10. The molecule has 5 N–H and O–H groups in total. The summed E-state index contributed by atoms with van der Waals surface area (Å²) >= 11 is 0. The molecular formula is C24H24F2N4O2. The van der Waals surface area contributed by atoms with Crippen LogP contribution in [0.2, 0.25) is 0 Å². The number of pyridine rings is 2. The van der Waals surface area contributed by atoms with Gasteiger partial charge in [0.2, 0.25) is 0 Å². The number of ketones is 1. The van der Waals surface area contributed by atoms with Gasteiger partial charge in [0.15, 0.2) is 5.78 Å². The molecule has 0 radical (unpaired) electrons. The first-order valence-corrected chi connectivity index (χ1v) is 10.5. The topological polar surface area (TPSA) is 115 Å². The maximum atomic E-state index is 14.2. The van der Waals surface area contributed by atoms with E-state index in [1.165, 1.54) is 18.2 Å². The summed E-state index contributed by atoms with van der Waals surface area (Å²) in [6.07, 6.45) is 4.69. The number of nitrogens with zero attached hydrogens (tertiary/aromatic N) is 2. The monoisotopic (exact) mass is 438 g/mol. The molecule has 0 bridgehead atoms. The molecule has 4 rings (SSSR count). The molecule has 1 saturated carbocycles. The molecule has 0 spiro atoms. The molecular weight excluding hydrogens is 414 g/mol. The lowest BCUT2D eigenvalue weighted by atomic mass is 9.78. The fraction of sp³-hybridized carbons (Fsp3) is 0.292. The van der Waals surface area contributed by atoms with Crippen molar-refractivity contribution in [3.8, 4) is 11.3 Å². The van der Waals surface area contributed by atoms with E-state index in [2.05, 4.69) is 9.97 Å². The molecule has 1 aliphatic carbocycles. The molecule has 0 saturated heterocycles. The lowest BCUT2D eigenvalue weighted by Gasteiger charge is -2.32. The lowest BCUT2D eigenvalue weighted by molar-refractivity contribution is 0.0977. The summed E-state index contributed by atoms with van der Waals surface area (Å²) in [6, 6.07) is 7.87. The van der Waals surface area contributed by atoms with Crippen LogP contribution in [-0.4, -0.2) is 33.0 Å². The van der Waals surface area contributed by atoms with Crippen molar-refractivity contribution in [3.05, 3.63) is 77.2 Å². The Labute approximate surface area is 184 Å². The average molecular weight is 438 g/mol. The number of Topliss-reactive ketones (excluding diaryl/α,β-unsaturated/α-hetero) is 1. The van der Waals surface area contributed by atoms with Gasteiger partial charge >= 0.3 is 0 Å². The van der Waals surface area contributed by atoms with Crippen molar-refractivity contribution in [2.45, 2.75) is 43.7 Å². The van der Waals surface area contributed by atoms with E-state index in [1.54, 1.807) is 12.4 Å². The van der Waals surface area contributed by atoms with Crippen LogP contribution in [0.15, 0.2) is 48.8 Å². The summed E-state index contributed by atoms with van der Waals surface area (Å²) in [4.78, 5) is 21.5. The largest absolute Gasteiger partial charge is 0.397 e. The number of aliphatic hydroxyl groups excluding tert-OH is 1. The minimum atomic E-state index is -0.772. The normalized spacial score (nSPS) is 20.8. The third-order valence-electron chi connectivity index (χ3n) is 6.00. The second-order valence-corrected chi connectivity index (χ2v) is 8.15. The first-order chi connectivity index (χ1) is 15.3. The highest BCUT2D eigenvalue weighted by Crippen LogP contribution is 2.34. The van der Waals surface area contributed by atoms with Crippen LogP contribution in [0.3, 0.4) is 0 Å². The van der Waals surface area contributed by atoms with Crippen LogP contribution in [-0.2, 0) is 6.42 Å². The lowest BCUT2D eigenvalue weighted by Crippen LogP contribution is -2.39. The van der Waals surface area contributed by atoms with Crippen LogP contribution in [0, 0.1) is 11.6 Å². The molecule has 3 atom stereocenters. The summed E-state index contributed by atoms with van der Waals surface area (Å²) in [5.74, 6) is -1.82. The van der Waals surface area contributed by atoms with Gasteiger partial charge in [0.25, 0.3) is 0 Å². The van der Waals surface area contributed by atoms with Crippen molar-refractivity contribution in [3.63, 3.8) is 0 Å².